The molecule has 2 rings (SSSR count). The zero-order chi connectivity index (χ0) is 13.9. The lowest BCUT2D eigenvalue weighted by atomic mass is 10.1. The Morgan fingerprint density at radius 1 is 1.26 bits per heavy atom. The molecule has 0 bridgehead atoms. The van der Waals surface area contributed by atoms with Crippen LogP contribution in [0.15, 0.2) is 30.6 Å². The first-order valence-electron chi connectivity index (χ1n) is 6.09. The monoisotopic (exact) mass is 259 g/mol. The van der Waals surface area contributed by atoms with Crippen LogP contribution in [0.2, 0.25) is 0 Å². The molecule has 4 heteroatoms. The third-order valence-corrected chi connectivity index (χ3v) is 2.39. The fraction of sp³-hybridized carbons (Fsp3) is 0.333. The van der Waals surface area contributed by atoms with Crippen molar-refractivity contribution in [2.24, 2.45) is 0 Å². The number of benzene rings is 1. The van der Waals surface area contributed by atoms with Crippen molar-refractivity contribution in [1.29, 1.82) is 0 Å². The second kappa shape index (κ2) is 5.34. The highest BCUT2D eigenvalue weighted by Crippen LogP contribution is 2.21. The molecule has 0 aliphatic rings. The molecule has 1 heterocycles. The van der Waals surface area contributed by atoms with Gasteiger partial charge < -0.3 is 4.74 Å². The van der Waals surface area contributed by atoms with Gasteiger partial charge in [-0.2, -0.15) is 0 Å². The molecule has 0 fully saturated rings. The van der Waals surface area contributed by atoms with Crippen LogP contribution < -0.4 is 4.74 Å². The second-order valence-electron chi connectivity index (χ2n) is 5.22. The number of halogens is 1. The molecule has 0 atom stereocenters. The molecule has 3 nitrogen and oxygen atoms in total. The van der Waals surface area contributed by atoms with Crippen molar-refractivity contribution in [3.05, 3.63) is 53.7 Å². The van der Waals surface area contributed by atoms with Gasteiger partial charge in [-0.1, -0.05) is 12.1 Å². The van der Waals surface area contributed by atoms with Gasteiger partial charge >= 0.3 is 0 Å². The van der Waals surface area contributed by atoms with E-state index in [1.165, 1.54) is 6.07 Å². The van der Waals surface area contributed by atoms with E-state index in [4.69, 9.17) is 4.74 Å². The minimum atomic E-state index is -0.367. The molecule has 1 aromatic carbocycles. The summed E-state index contributed by atoms with van der Waals surface area (Å²) in [5.41, 5.74) is 0.814. The Bertz CT molecular complexity index is 564. The lowest BCUT2D eigenvalue weighted by Crippen LogP contribution is -2.24. The van der Waals surface area contributed by atoms with Crippen molar-refractivity contribution in [1.82, 2.24) is 9.97 Å². The maximum Gasteiger partial charge on any atom is 0.236 e. The number of hydrogen-bond acceptors (Lipinski definition) is 3. The van der Waals surface area contributed by atoms with Gasteiger partial charge in [-0.05, 0) is 38.5 Å². The van der Waals surface area contributed by atoms with Crippen LogP contribution in [0.5, 0.6) is 5.88 Å². The third-order valence-electron chi connectivity index (χ3n) is 2.39. The Labute approximate surface area is 112 Å². The molecule has 2 aromatic rings. The zero-order valence-electron chi connectivity index (χ0n) is 11.3. The average molecular weight is 259 g/mol. The quantitative estimate of drug-likeness (QED) is 0.849. The molecule has 0 aliphatic heterocycles. The van der Waals surface area contributed by atoms with Crippen molar-refractivity contribution >= 4 is 0 Å². The highest BCUT2D eigenvalue weighted by molar-refractivity contribution is 5.28. The highest BCUT2D eigenvalue weighted by Gasteiger charge is 2.17. The minimum Gasteiger partial charge on any atom is -0.471 e. The van der Waals surface area contributed by atoms with Crippen LogP contribution in [0.1, 0.15) is 32.0 Å². The summed E-state index contributed by atoms with van der Waals surface area (Å²) in [6.07, 6.45) is 3.50. The van der Waals surface area contributed by atoms with Gasteiger partial charge in [-0.15, -0.1) is 0 Å². The Morgan fingerprint density at radius 3 is 2.68 bits per heavy atom. The molecule has 1 radical (unpaired) electrons. The fourth-order valence-corrected chi connectivity index (χ4v) is 1.62. The van der Waals surface area contributed by atoms with Gasteiger partial charge in [-0.25, -0.2) is 9.37 Å². The molecular weight excluding hydrogens is 243 g/mol. The van der Waals surface area contributed by atoms with E-state index in [0.717, 1.165) is 0 Å². The van der Waals surface area contributed by atoms with E-state index in [0.29, 0.717) is 23.6 Å². The topological polar surface area (TPSA) is 35.0 Å². The number of rotatable bonds is 3. The number of hydrogen-bond donors (Lipinski definition) is 0. The van der Waals surface area contributed by atoms with Crippen LogP contribution in [0.3, 0.4) is 0 Å². The van der Waals surface area contributed by atoms with Gasteiger partial charge in [0, 0.05) is 18.8 Å². The Kier molecular flexibility index (Phi) is 3.79. The summed E-state index contributed by atoms with van der Waals surface area (Å²) in [5, 5.41) is 0. The van der Waals surface area contributed by atoms with Crippen molar-refractivity contribution in [3.8, 4) is 5.88 Å². The van der Waals surface area contributed by atoms with Gasteiger partial charge in [0.15, 0.2) is 0 Å². The minimum absolute atomic E-state index is 0.296. The van der Waals surface area contributed by atoms with Gasteiger partial charge in [0.2, 0.25) is 5.88 Å². The summed E-state index contributed by atoms with van der Waals surface area (Å²) >= 11 is 0. The summed E-state index contributed by atoms with van der Waals surface area (Å²) in [6, 6.07) is 7.38. The molecule has 99 valence electrons. The Hall–Kier alpha value is -1.97. The van der Waals surface area contributed by atoms with Crippen molar-refractivity contribution in [2.75, 3.05) is 0 Å². The SMILES string of the molecule is CC(C)(C)Oc1nccnc1Cc1cc[c]cc1F. The third kappa shape index (κ3) is 3.74. The van der Waals surface area contributed by atoms with Gasteiger partial charge in [0.05, 0.1) is 0 Å². The molecule has 0 unspecified atom stereocenters. The summed E-state index contributed by atoms with van der Waals surface area (Å²) in [7, 11) is 0. The first-order valence-corrected chi connectivity index (χ1v) is 6.09. The number of aromatic nitrogens is 2. The Morgan fingerprint density at radius 2 is 2.00 bits per heavy atom. The lowest BCUT2D eigenvalue weighted by Gasteiger charge is -2.21. The molecule has 0 aliphatic carbocycles. The van der Waals surface area contributed by atoms with Crippen LogP contribution in [0.25, 0.3) is 0 Å². The van der Waals surface area contributed by atoms with E-state index >= 15 is 0 Å². The average Bonchev–Trinajstić information content (AvgIpc) is 2.33. The van der Waals surface area contributed by atoms with Crippen molar-refractivity contribution in [3.63, 3.8) is 0 Å². The molecule has 1 aromatic heterocycles. The van der Waals surface area contributed by atoms with Crippen molar-refractivity contribution < 1.29 is 9.13 Å². The second-order valence-corrected chi connectivity index (χ2v) is 5.22. The normalized spacial score (nSPS) is 11.4. The molecular formula is C15H16FN2O. The van der Waals surface area contributed by atoms with Gasteiger partial charge in [-0.3, -0.25) is 4.98 Å². The first-order chi connectivity index (χ1) is 8.96. The smallest absolute Gasteiger partial charge is 0.236 e. The van der Waals surface area contributed by atoms with Crippen LogP contribution in [0.4, 0.5) is 4.39 Å². The van der Waals surface area contributed by atoms with Gasteiger partial charge in [0.1, 0.15) is 17.1 Å². The largest absolute Gasteiger partial charge is 0.471 e. The maximum atomic E-state index is 13.6. The van der Waals surface area contributed by atoms with E-state index in [1.54, 1.807) is 24.5 Å². The fourth-order valence-electron chi connectivity index (χ4n) is 1.62. The first kappa shape index (κ1) is 13.5. The van der Waals surface area contributed by atoms with Crippen LogP contribution in [-0.2, 0) is 6.42 Å². The van der Waals surface area contributed by atoms with E-state index in [2.05, 4.69) is 16.0 Å². The van der Waals surface area contributed by atoms with E-state index in [-0.39, 0.29) is 11.4 Å². The summed E-state index contributed by atoms with van der Waals surface area (Å²) < 4.78 is 19.4. The molecule has 0 amide bonds. The van der Waals surface area contributed by atoms with E-state index in [9.17, 15) is 4.39 Å². The van der Waals surface area contributed by atoms with Crippen LogP contribution >= 0.6 is 0 Å². The summed E-state index contributed by atoms with van der Waals surface area (Å²) in [6.45, 7) is 5.80. The van der Waals surface area contributed by atoms with Crippen molar-refractivity contribution in [2.45, 2.75) is 32.8 Å². The molecule has 0 saturated carbocycles. The zero-order valence-corrected chi connectivity index (χ0v) is 11.3. The Balaban J connectivity index is 2.28. The van der Waals surface area contributed by atoms with E-state index in [1.807, 2.05) is 20.8 Å². The molecule has 0 saturated heterocycles. The molecule has 0 N–H and O–H groups in total. The molecule has 0 spiro atoms. The summed E-state index contributed by atoms with van der Waals surface area (Å²) in [5.74, 6) is 0.150. The number of ether oxygens (including phenoxy) is 1. The van der Waals surface area contributed by atoms with E-state index < -0.39 is 0 Å². The maximum absolute atomic E-state index is 13.6. The molecule has 19 heavy (non-hydrogen) atoms. The predicted molar refractivity (Wildman–Crippen MR) is 70.5 cm³/mol. The van der Waals surface area contributed by atoms with Crippen LogP contribution in [-0.4, -0.2) is 15.6 Å². The lowest BCUT2D eigenvalue weighted by molar-refractivity contribution is 0.122. The highest BCUT2D eigenvalue weighted by atomic mass is 19.1. The number of nitrogens with zero attached hydrogens (tertiary/aromatic N) is 2. The van der Waals surface area contributed by atoms with Crippen LogP contribution in [0, 0.1) is 11.9 Å². The standard InChI is InChI=1S/C15H16FN2O/c1-15(2,3)19-14-13(17-8-9-18-14)10-11-6-4-5-7-12(11)16/h4,6-9H,10H2,1-3H3. The van der Waals surface area contributed by atoms with Gasteiger partial charge in [0.25, 0.3) is 0 Å². The predicted octanol–water partition coefficient (Wildman–Crippen LogP) is 3.18. The summed E-state index contributed by atoms with van der Waals surface area (Å²) in [4.78, 5) is 8.41.